The Kier molecular flexibility index (Phi) is 5.52. The summed E-state index contributed by atoms with van der Waals surface area (Å²) in [5.41, 5.74) is 0. The molecule has 2 fully saturated rings. The second kappa shape index (κ2) is 6.82. The van der Waals surface area contributed by atoms with Crippen LogP contribution in [0.1, 0.15) is 6.92 Å². The highest BCUT2D eigenvalue weighted by Gasteiger charge is 2.47. The molecule has 124 valence electrons. The largest absolute Gasteiger partial charge is 0.388 e. The van der Waals surface area contributed by atoms with Crippen LogP contribution in [-0.2, 0) is 18.9 Å². The molecule has 2 rings (SSSR count). The molecule has 0 spiro atoms. The SMILES string of the molecule is CO[C@H]1OC[C@@H](O)[C@H](O[C@@H]2O[C@@H](C)[C@H](O)[C@@H](O)[C@H]2O)[C@H]1O. The molecule has 0 amide bonds. The van der Waals surface area contributed by atoms with E-state index >= 15 is 0 Å². The van der Waals surface area contributed by atoms with Crippen LogP contribution in [0.2, 0.25) is 0 Å². The molecule has 0 aromatic heterocycles. The summed E-state index contributed by atoms with van der Waals surface area (Å²) >= 11 is 0. The molecule has 2 heterocycles. The van der Waals surface area contributed by atoms with Gasteiger partial charge in [-0.2, -0.15) is 0 Å². The molecule has 9 atom stereocenters. The van der Waals surface area contributed by atoms with E-state index in [0.717, 1.165) is 0 Å². The van der Waals surface area contributed by atoms with E-state index in [9.17, 15) is 25.5 Å². The van der Waals surface area contributed by atoms with Gasteiger partial charge >= 0.3 is 0 Å². The summed E-state index contributed by atoms with van der Waals surface area (Å²) in [6.07, 6.45) is -10.9. The van der Waals surface area contributed by atoms with E-state index in [2.05, 4.69) is 0 Å². The van der Waals surface area contributed by atoms with Gasteiger partial charge in [0.05, 0.1) is 12.7 Å². The Morgan fingerprint density at radius 3 is 2.19 bits per heavy atom. The lowest BCUT2D eigenvalue weighted by Gasteiger charge is -2.43. The predicted octanol–water partition coefficient (Wildman–Crippen LogP) is -3.08. The van der Waals surface area contributed by atoms with E-state index in [1.165, 1.54) is 14.0 Å². The van der Waals surface area contributed by atoms with Gasteiger partial charge in [-0.25, -0.2) is 0 Å². The van der Waals surface area contributed by atoms with Crippen LogP contribution in [0, 0.1) is 0 Å². The molecule has 2 aliphatic heterocycles. The number of aliphatic hydroxyl groups is 5. The third kappa shape index (κ3) is 3.36. The summed E-state index contributed by atoms with van der Waals surface area (Å²) in [5.74, 6) is 0. The van der Waals surface area contributed by atoms with Gasteiger partial charge in [-0.1, -0.05) is 0 Å². The maximum atomic E-state index is 10.0. The quantitative estimate of drug-likeness (QED) is 0.367. The lowest BCUT2D eigenvalue weighted by atomic mass is 9.99. The Morgan fingerprint density at radius 2 is 1.57 bits per heavy atom. The smallest absolute Gasteiger partial charge is 0.187 e. The highest BCUT2D eigenvalue weighted by Crippen LogP contribution is 2.26. The highest BCUT2D eigenvalue weighted by molar-refractivity contribution is 4.90. The molecule has 9 heteroatoms. The lowest BCUT2D eigenvalue weighted by molar-refractivity contribution is -0.343. The standard InChI is InChI=1S/C12H22O9/c1-4-6(14)7(15)8(16)12(20-4)21-10-5(13)3-19-11(18-2)9(10)17/h4-17H,3H2,1-2H3/t4-,5+,6-,7+,8+,9+,10-,11-,12-/m0/s1. The maximum absolute atomic E-state index is 10.0. The second-order valence-corrected chi connectivity index (χ2v) is 5.28. The van der Waals surface area contributed by atoms with Gasteiger partial charge < -0.3 is 44.5 Å². The van der Waals surface area contributed by atoms with E-state index < -0.39 is 55.3 Å². The van der Waals surface area contributed by atoms with Gasteiger partial charge in [0.1, 0.15) is 36.6 Å². The third-order valence-electron chi connectivity index (χ3n) is 3.76. The molecule has 5 N–H and O–H groups in total. The van der Waals surface area contributed by atoms with E-state index in [1.807, 2.05) is 0 Å². The van der Waals surface area contributed by atoms with Crippen molar-refractivity contribution in [1.82, 2.24) is 0 Å². The minimum atomic E-state index is -1.51. The van der Waals surface area contributed by atoms with Crippen molar-refractivity contribution in [2.75, 3.05) is 13.7 Å². The van der Waals surface area contributed by atoms with Gasteiger partial charge in [0.2, 0.25) is 0 Å². The van der Waals surface area contributed by atoms with Crippen molar-refractivity contribution >= 4 is 0 Å². The number of aliphatic hydroxyl groups excluding tert-OH is 5. The number of hydrogen-bond acceptors (Lipinski definition) is 9. The minimum absolute atomic E-state index is 0.121. The average Bonchev–Trinajstić information content (AvgIpc) is 2.46. The van der Waals surface area contributed by atoms with Crippen LogP contribution in [0.3, 0.4) is 0 Å². The van der Waals surface area contributed by atoms with Gasteiger partial charge in [0.15, 0.2) is 12.6 Å². The first-order valence-electron chi connectivity index (χ1n) is 6.72. The van der Waals surface area contributed by atoms with Crippen molar-refractivity contribution in [3.63, 3.8) is 0 Å². The van der Waals surface area contributed by atoms with Crippen LogP contribution in [0.25, 0.3) is 0 Å². The van der Waals surface area contributed by atoms with Crippen molar-refractivity contribution in [3.05, 3.63) is 0 Å². The van der Waals surface area contributed by atoms with Crippen LogP contribution < -0.4 is 0 Å². The number of rotatable bonds is 3. The van der Waals surface area contributed by atoms with Crippen molar-refractivity contribution < 1.29 is 44.5 Å². The summed E-state index contributed by atoms with van der Waals surface area (Å²) in [5, 5.41) is 49.0. The summed E-state index contributed by atoms with van der Waals surface area (Å²) < 4.78 is 20.6. The number of hydrogen-bond donors (Lipinski definition) is 5. The summed E-state index contributed by atoms with van der Waals surface area (Å²) in [6.45, 7) is 1.38. The molecule has 2 saturated heterocycles. The first-order valence-corrected chi connectivity index (χ1v) is 6.72. The van der Waals surface area contributed by atoms with Gasteiger partial charge in [0.25, 0.3) is 0 Å². The van der Waals surface area contributed by atoms with Crippen molar-refractivity contribution in [1.29, 1.82) is 0 Å². The molecule has 0 saturated carbocycles. The molecule has 0 aliphatic carbocycles. The van der Waals surface area contributed by atoms with Gasteiger partial charge in [-0.15, -0.1) is 0 Å². The first-order chi connectivity index (χ1) is 9.86. The number of methoxy groups -OCH3 is 1. The minimum Gasteiger partial charge on any atom is -0.388 e. The van der Waals surface area contributed by atoms with Gasteiger partial charge in [0, 0.05) is 7.11 Å². The normalized spacial score (nSPS) is 51.9. The van der Waals surface area contributed by atoms with Crippen LogP contribution >= 0.6 is 0 Å². The van der Waals surface area contributed by atoms with Crippen LogP contribution in [0.5, 0.6) is 0 Å². The molecule has 0 bridgehead atoms. The Morgan fingerprint density at radius 1 is 0.905 bits per heavy atom. The van der Waals surface area contributed by atoms with Crippen LogP contribution in [-0.4, -0.2) is 94.6 Å². The zero-order valence-electron chi connectivity index (χ0n) is 11.8. The molecule has 2 aliphatic rings. The first kappa shape index (κ1) is 17.0. The van der Waals surface area contributed by atoms with Gasteiger partial charge in [-0.05, 0) is 6.92 Å². The molecule has 0 aromatic carbocycles. The zero-order valence-corrected chi connectivity index (χ0v) is 11.8. The Hall–Kier alpha value is -0.360. The molecular weight excluding hydrogens is 288 g/mol. The third-order valence-corrected chi connectivity index (χ3v) is 3.76. The molecule has 0 radical (unpaired) electrons. The van der Waals surface area contributed by atoms with E-state index in [1.54, 1.807) is 0 Å². The zero-order chi connectivity index (χ0) is 15.7. The summed E-state index contributed by atoms with van der Waals surface area (Å²) in [7, 11) is 1.33. The van der Waals surface area contributed by atoms with Gasteiger partial charge in [-0.3, -0.25) is 0 Å². The molecule has 21 heavy (non-hydrogen) atoms. The highest BCUT2D eigenvalue weighted by atomic mass is 16.7. The lowest BCUT2D eigenvalue weighted by Crippen LogP contribution is -2.61. The van der Waals surface area contributed by atoms with E-state index in [4.69, 9.17) is 18.9 Å². The van der Waals surface area contributed by atoms with Crippen molar-refractivity contribution in [2.45, 2.75) is 62.2 Å². The van der Waals surface area contributed by atoms with Crippen molar-refractivity contribution in [3.8, 4) is 0 Å². The monoisotopic (exact) mass is 310 g/mol. The number of ether oxygens (including phenoxy) is 4. The summed E-state index contributed by atoms with van der Waals surface area (Å²) in [4.78, 5) is 0. The molecular formula is C12H22O9. The fourth-order valence-corrected chi connectivity index (χ4v) is 2.43. The van der Waals surface area contributed by atoms with Crippen LogP contribution in [0.15, 0.2) is 0 Å². The Labute approximate surface area is 121 Å². The second-order valence-electron chi connectivity index (χ2n) is 5.28. The summed E-state index contributed by atoms with van der Waals surface area (Å²) in [6, 6.07) is 0. The predicted molar refractivity (Wildman–Crippen MR) is 66.0 cm³/mol. The Balaban J connectivity index is 2.05. The Bertz CT molecular complexity index is 341. The van der Waals surface area contributed by atoms with E-state index in [0.29, 0.717) is 0 Å². The van der Waals surface area contributed by atoms with Crippen LogP contribution in [0.4, 0.5) is 0 Å². The average molecular weight is 310 g/mol. The fraction of sp³-hybridized carbons (Fsp3) is 1.00. The van der Waals surface area contributed by atoms with E-state index in [-0.39, 0.29) is 6.61 Å². The van der Waals surface area contributed by atoms with Crippen molar-refractivity contribution in [2.24, 2.45) is 0 Å². The maximum Gasteiger partial charge on any atom is 0.187 e. The molecule has 0 aromatic rings. The fourth-order valence-electron chi connectivity index (χ4n) is 2.43. The molecule has 9 nitrogen and oxygen atoms in total. The topological polar surface area (TPSA) is 138 Å². The molecule has 0 unspecified atom stereocenters.